The van der Waals surface area contributed by atoms with Gasteiger partial charge in [0.2, 0.25) is 5.95 Å². The molecular weight excluding hydrogens is 236 g/mol. The zero-order valence-electron chi connectivity index (χ0n) is 10.6. The summed E-state index contributed by atoms with van der Waals surface area (Å²) in [4.78, 5) is 28.4. The molecule has 0 amide bonds. The van der Waals surface area contributed by atoms with E-state index in [1.807, 2.05) is 6.92 Å². The number of nitrogens with zero attached hydrogens (tertiary/aromatic N) is 4. The fourth-order valence-electron chi connectivity index (χ4n) is 2.07. The Bertz CT molecular complexity index is 708. The molecule has 8 nitrogen and oxygen atoms in total. The van der Waals surface area contributed by atoms with Gasteiger partial charge in [0.25, 0.3) is 5.56 Å². The minimum Gasteiger partial charge on any atom is -0.304 e. The first kappa shape index (κ1) is 12.4. The molecule has 0 fully saturated rings. The first-order valence-corrected chi connectivity index (χ1v) is 5.73. The first-order chi connectivity index (χ1) is 8.56. The highest BCUT2D eigenvalue weighted by Gasteiger charge is 2.18. The number of anilines is 1. The molecule has 98 valence electrons. The van der Waals surface area contributed by atoms with Crippen molar-refractivity contribution < 1.29 is 0 Å². The van der Waals surface area contributed by atoms with Crippen molar-refractivity contribution in [2.75, 3.05) is 5.43 Å². The molecule has 2 heterocycles. The van der Waals surface area contributed by atoms with Crippen molar-refractivity contribution in [2.45, 2.75) is 26.9 Å². The van der Waals surface area contributed by atoms with Crippen molar-refractivity contribution in [3.63, 3.8) is 0 Å². The largest absolute Gasteiger partial charge is 0.332 e. The van der Waals surface area contributed by atoms with Gasteiger partial charge >= 0.3 is 5.69 Å². The smallest absolute Gasteiger partial charge is 0.304 e. The summed E-state index contributed by atoms with van der Waals surface area (Å²) in [6.07, 6.45) is 0. The van der Waals surface area contributed by atoms with Gasteiger partial charge < -0.3 is 4.57 Å². The van der Waals surface area contributed by atoms with Crippen molar-refractivity contribution in [1.82, 2.24) is 18.7 Å². The second kappa shape index (κ2) is 4.30. The molecule has 0 saturated carbocycles. The molecule has 0 aliphatic rings. The van der Waals surface area contributed by atoms with Gasteiger partial charge in [-0.15, -0.1) is 0 Å². The van der Waals surface area contributed by atoms with Gasteiger partial charge in [-0.3, -0.25) is 19.4 Å². The van der Waals surface area contributed by atoms with Crippen molar-refractivity contribution in [3.05, 3.63) is 20.8 Å². The molecule has 0 saturated heterocycles. The van der Waals surface area contributed by atoms with Gasteiger partial charge in [0.15, 0.2) is 11.2 Å². The van der Waals surface area contributed by atoms with E-state index in [2.05, 4.69) is 10.4 Å². The molecule has 0 aliphatic heterocycles. The van der Waals surface area contributed by atoms with Crippen LogP contribution in [0.4, 0.5) is 5.95 Å². The number of nitrogens with two attached hydrogens (primary N) is 1. The molecule has 18 heavy (non-hydrogen) atoms. The second-order valence-electron chi connectivity index (χ2n) is 3.89. The van der Waals surface area contributed by atoms with Crippen molar-refractivity contribution in [2.24, 2.45) is 12.9 Å². The van der Waals surface area contributed by atoms with Crippen LogP contribution in [0.2, 0.25) is 0 Å². The summed E-state index contributed by atoms with van der Waals surface area (Å²) in [6.45, 7) is 4.49. The number of hydrazine groups is 1. The predicted molar refractivity (Wildman–Crippen MR) is 68.4 cm³/mol. The maximum absolute atomic E-state index is 12.3. The SMILES string of the molecule is CCn1c(=O)c2c(nc(NN)n2CC)n(C)c1=O. The van der Waals surface area contributed by atoms with Crippen LogP contribution in [0.25, 0.3) is 11.2 Å². The van der Waals surface area contributed by atoms with Crippen LogP contribution in [-0.2, 0) is 20.1 Å². The van der Waals surface area contributed by atoms with Gasteiger partial charge in [0, 0.05) is 20.1 Å². The Balaban J connectivity index is 3.06. The molecule has 0 aromatic carbocycles. The van der Waals surface area contributed by atoms with Crippen LogP contribution in [-0.4, -0.2) is 18.7 Å². The Hall–Kier alpha value is -2.09. The molecule has 0 bridgehead atoms. The van der Waals surface area contributed by atoms with E-state index in [0.717, 1.165) is 0 Å². The third-order valence-electron chi connectivity index (χ3n) is 2.99. The monoisotopic (exact) mass is 252 g/mol. The summed E-state index contributed by atoms with van der Waals surface area (Å²) in [6, 6.07) is 0. The molecular formula is C10H16N6O2. The quantitative estimate of drug-likeness (QED) is 0.551. The number of imidazole rings is 1. The lowest BCUT2D eigenvalue weighted by atomic mass is 10.5. The van der Waals surface area contributed by atoms with E-state index < -0.39 is 0 Å². The van der Waals surface area contributed by atoms with Crippen molar-refractivity contribution >= 4 is 17.1 Å². The van der Waals surface area contributed by atoms with Crippen molar-refractivity contribution in [3.8, 4) is 0 Å². The lowest BCUT2D eigenvalue weighted by Crippen LogP contribution is -2.39. The van der Waals surface area contributed by atoms with Crippen LogP contribution < -0.4 is 22.5 Å². The summed E-state index contributed by atoms with van der Waals surface area (Å²) < 4.78 is 4.19. The number of hydrogen-bond donors (Lipinski definition) is 2. The zero-order valence-corrected chi connectivity index (χ0v) is 10.6. The average Bonchev–Trinajstić information content (AvgIpc) is 2.75. The molecule has 2 rings (SSSR count). The van der Waals surface area contributed by atoms with Gasteiger partial charge in [0.05, 0.1) is 0 Å². The molecule has 0 aliphatic carbocycles. The standard InChI is InChI=1S/C10H16N6O2/c1-4-15-6-7(12-9(15)13-11)14(3)10(18)16(5-2)8(6)17/h4-5,11H2,1-3H3,(H,12,13). The van der Waals surface area contributed by atoms with E-state index in [0.29, 0.717) is 30.2 Å². The third-order valence-corrected chi connectivity index (χ3v) is 2.99. The molecule has 2 aromatic heterocycles. The van der Waals surface area contributed by atoms with Crippen LogP contribution in [0, 0.1) is 0 Å². The minimum absolute atomic E-state index is 0.321. The number of aryl methyl sites for hydroxylation is 2. The topological polar surface area (TPSA) is 99.9 Å². The van der Waals surface area contributed by atoms with Crippen LogP contribution in [0.15, 0.2) is 9.59 Å². The summed E-state index contributed by atoms with van der Waals surface area (Å²) in [5, 5.41) is 0. The number of aromatic nitrogens is 4. The highest BCUT2D eigenvalue weighted by molar-refractivity contribution is 5.74. The van der Waals surface area contributed by atoms with E-state index in [1.54, 1.807) is 18.5 Å². The van der Waals surface area contributed by atoms with Gasteiger partial charge in [-0.1, -0.05) is 0 Å². The lowest BCUT2D eigenvalue weighted by Gasteiger charge is -2.07. The molecule has 0 radical (unpaired) electrons. The Morgan fingerprint density at radius 3 is 2.33 bits per heavy atom. The van der Waals surface area contributed by atoms with Gasteiger partial charge in [-0.25, -0.2) is 10.6 Å². The Morgan fingerprint density at radius 2 is 1.83 bits per heavy atom. The van der Waals surface area contributed by atoms with Gasteiger partial charge in [0.1, 0.15) is 0 Å². The average molecular weight is 252 g/mol. The second-order valence-corrected chi connectivity index (χ2v) is 3.89. The molecule has 8 heteroatoms. The molecule has 0 atom stereocenters. The summed E-state index contributed by atoms with van der Waals surface area (Å²) >= 11 is 0. The molecule has 2 aromatic rings. The third kappa shape index (κ3) is 1.46. The maximum Gasteiger partial charge on any atom is 0.332 e. The van der Waals surface area contributed by atoms with E-state index in [4.69, 9.17) is 5.84 Å². The number of nitrogen functional groups attached to an aromatic ring is 1. The van der Waals surface area contributed by atoms with Gasteiger partial charge in [-0.05, 0) is 13.8 Å². The highest BCUT2D eigenvalue weighted by atomic mass is 16.2. The maximum atomic E-state index is 12.3. The van der Waals surface area contributed by atoms with Gasteiger partial charge in [-0.2, -0.15) is 4.98 Å². The Labute approximate surface area is 103 Å². The predicted octanol–water partition coefficient (Wildman–Crippen LogP) is -0.778. The van der Waals surface area contributed by atoms with Crippen LogP contribution in [0.5, 0.6) is 0 Å². The lowest BCUT2D eigenvalue weighted by molar-refractivity contribution is 0.633. The van der Waals surface area contributed by atoms with Crippen molar-refractivity contribution in [1.29, 1.82) is 0 Å². The number of hydrogen-bond acceptors (Lipinski definition) is 5. The molecule has 0 unspecified atom stereocenters. The first-order valence-electron chi connectivity index (χ1n) is 5.73. The number of nitrogens with one attached hydrogen (secondary N) is 1. The van der Waals surface area contributed by atoms with Crippen LogP contribution in [0.3, 0.4) is 0 Å². The van der Waals surface area contributed by atoms with Crippen LogP contribution >= 0.6 is 0 Å². The van der Waals surface area contributed by atoms with E-state index in [9.17, 15) is 9.59 Å². The highest BCUT2D eigenvalue weighted by Crippen LogP contribution is 2.13. The summed E-state index contributed by atoms with van der Waals surface area (Å²) in [5.74, 6) is 5.74. The molecule has 0 spiro atoms. The minimum atomic E-state index is -0.376. The molecule has 3 N–H and O–H groups in total. The normalized spacial score (nSPS) is 11.1. The summed E-state index contributed by atoms with van der Waals surface area (Å²) in [7, 11) is 1.59. The van der Waals surface area contributed by atoms with E-state index >= 15 is 0 Å². The number of rotatable bonds is 3. The Morgan fingerprint density at radius 1 is 1.22 bits per heavy atom. The van der Waals surface area contributed by atoms with E-state index in [-0.39, 0.29) is 11.2 Å². The van der Waals surface area contributed by atoms with Crippen LogP contribution in [0.1, 0.15) is 13.8 Å². The summed E-state index contributed by atoms with van der Waals surface area (Å²) in [5.41, 5.74) is 2.44. The zero-order chi connectivity index (χ0) is 13.4. The fourth-order valence-corrected chi connectivity index (χ4v) is 2.07. The Kier molecular flexibility index (Phi) is 2.95. The van der Waals surface area contributed by atoms with E-state index in [1.165, 1.54) is 9.13 Å². The number of fused-ring (bicyclic) bond motifs is 1. The fraction of sp³-hybridized carbons (Fsp3) is 0.500.